The maximum absolute atomic E-state index is 11.8. The first kappa shape index (κ1) is 14.5. The average molecular weight is 308 g/mol. The second kappa shape index (κ2) is 6.12. The summed E-state index contributed by atoms with van der Waals surface area (Å²) in [5, 5.41) is 7.74. The van der Waals surface area contributed by atoms with Crippen molar-refractivity contribution in [3.63, 3.8) is 0 Å². The lowest BCUT2D eigenvalue weighted by Gasteiger charge is -2.03. The third kappa shape index (κ3) is 3.07. The number of carbonyl (C=O) groups is 1. The third-order valence-electron chi connectivity index (χ3n) is 3.22. The molecule has 1 amide bonds. The average Bonchev–Trinajstić information content (AvgIpc) is 2.94. The fourth-order valence-electron chi connectivity index (χ4n) is 2.31. The molecule has 0 saturated heterocycles. The molecular formula is C18H16N2OS. The molecule has 22 heavy (non-hydrogen) atoms. The molecule has 1 heterocycles. The molecule has 0 aliphatic rings. The van der Waals surface area contributed by atoms with Gasteiger partial charge in [-0.15, -0.1) is 11.3 Å². The summed E-state index contributed by atoms with van der Waals surface area (Å²) in [4.78, 5) is 16.3. The van der Waals surface area contributed by atoms with Crippen molar-refractivity contribution >= 4 is 33.1 Å². The Labute approximate surface area is 133 Å². The standard InChI is InChI=1S/C18H16N2OS/c1-12(2)10-17(21)20-18-19-16(11-22-18)15-9-5-7-13-6-3-4-8-14(13)15/h3-11H,1-2H3,(H,19,20,21). The van der Waals surface area contributed by atoms with Gasteiger partial charge in [-0.3, -0.25) is 10.1 Å². The van der Waals surface area contributed by atoms with E-state index in [1.807, 2.05) is 37.4 Å². The van der Waals surface area contributed by atoms with Crippen molar-refractivity contribution in [1.29, 1.82) is 0 Å². The van der Waals surface area contributed by atoms with E-state index in [2.05, 4.69) is 34.6 Å². The molecule has 0 radical (unpaired) electrons. The van der Waals surface area contributed by atoms with Crippen LogP contribution in [0, 0.1) is 0 Å². The summed E-state index contributed by atoms with van der Waals surface area (Å²) < 4.78 is 0. The van der Waals surface area contributed by atoms with E-state index in [0.29, 0.717) is 5.13 Å². The number of amides is 1. The van der Waals surface area contributed by atoms with Gasteiger partial charge >= 0.3 is 0 Å². The van der Waals surface area contributed by atoms with Gasteiger partial charge in [-0.1, -0.05) is 48.0 Å². The zero-order chi connectivity index (χ0) is 15.5. The highest BCUT2D eigenvalue weighted by atomic mass is 32.1. The van der Waals surface area contributed by atoms with Gasteiger partial charge in [0.05, 0.1) is 5.69 Å². The van der Waals surface area contributed by atoms with Crippen LogP contribution in [0.4, 0.5) is 5.13 Å². The molecule has 3 rings (SSSR count). The Balaban J connectivity index is 1.93. The van der Waals surface area contributed by atoms with Crippen molar-refractivity contribution in [2.75, 3.05) is 5.32 Å². The summed E-state index contributed by atoms with van der Waals surface area (Å²) in [6.07, 6.45) is 1.57. The van der Waals surface area contributed by atoms with E-state index in [9.17, 15) is 4.79 Å². The zero-order valence-corrected chi connectivity index (χ0v) is 13.3. The maximum Gasteiger partial charge on any atom is 0.250 e. The summed E-state index contributed by atoms with van der Waals surface area (Å²) >= 11 is 1.44. The summed E-state index contributed by atoms with van der Waals surface area (Å²) in [5.74, 6) is -0.140. The van der Waals surface area contributed by atoms with Crippen LogP contribution >= 0.6 is 11.3 Å². The first-order valence-corrected chi connectivity index (χ1v) is 7.91. The number of nitrogens with one attached hydrogen (secondary N) is 1. The Morgan fingerprint density at radius 3 is 2.73 bits per heavy atom. The highest BCUT2D eigenvalue weighted by molar-refractivity contribution is 7.14. The second-order valence-corrected chi connectivity index (χ2v) is 6.13. The van der Waals surface area contributed by atoms with Gasteiger partial charge in [0.2, 0.25) is 5.91 Å². The SMILES string of the molecule is CC(C)=CC(=O)Nc1nc(-c2cccc3ccccc23)cs1. The van der Waals surface area contributed by atoms with Crippen molar-refractivity contribution in [1.82, 2.24) is 4.98 Å². The minimum absolute atomic E-state index is 0.140. The first-order chi connectivity index (χ1) is 10.6. The maximum atomic E-state index is 11.8. The van der Waals surface area contributed by atoms with Gasteiger partial charge in [0.25, 0.3) is 0 Å². The number of nitrogens with zero attached hydrogens (tertiary/aromatic N) is 1. The number of fused-ring (bicyclic) bond motifs is 1. The minimum atomic E-state index is -0.140. The highest BCUT2D eigenvalue weighted by Crippen LogP contribution is 2.30. The molecule has 2 aromatic carbocycles. The van der Waals surface area contributed by atoms with Crippen molar-refractivity contribution in [2.24, 2.45) is 0 Å². The van der Waals surface area contributed by atoms with Crippen LogP contribution < -0.4 is 5.32 Å². The van der Waals surface area contributed by atoms with Crippen LogP contribution in [-0.4, -0.2) is 10.9 Å². The van der Waals surface area contributed by atoms with Gasteiger partial charge in [0, 0.05) is 17.0 Å². The summed E-state index contributed by atoms with van der Waals surface area (Å²) in [5.41, 5.74) is 2.93. The Hall–Kier alpha value is -2.46. The normalized spacial score (nSPS) is 10.5. The molecule has 110 valence electrons. The van der Waals surface area contributed by atoms with Crippen LogP contribution in [-0.2, 0) is 4.79 Å². The van der Waals surface area contributed by atoms with E-state index in [4.69, 9.17) is 0 Å². The number of hydrogen-bond acceptors (Lipinski definition) is 3. The van der Waals surface area contributed by atoms with E-state index < -0.39 is 0 Å². The lowest BCUT2D eigenvalue weighted by molar-refractivity contribution is -0.111. The van der Waals surface area contributed by atoms with Crippen molar-refractivity contribution in [2.45, 2.75) is 13.8 Å². The number of rotatable bonds is 3. The van der Waals surface area contributed by atoms with Crippen LogP contribution in [0.5, 0.6) is 0 Å². The van der Waals surface area contributed by atoms with Crippen LogP contribution in [0.15, 0.2) is 59.5 Å². The minimum Gasteiger partial charge on any atom is -0.298 e. The number of anilines is 1. The van der Waals surface area contributed by atoms with Gasteiger partial charge in [0.15, 0.2) is 5.13 Å². The predicted octanol–water partition coefficient (Wildman–Crippen LogP) is 4.87. The molecule has 3 nitrogen and oxygen atoms in total. The van der Waals surface area contributed by atoms with Crippen LogP contribution in [0.3, 0.4) is 0 Å². The molecule has 0 fully saturated rings. The zero-order valence-electron chi connectivity index (χ0n) is 12.5. The van der Waals surface area contributed by atoms with Gasteiger partial charge < -0.3 is 0 Å². The van der Waals surface area contributed by atoms with Crippen LogP contribution in [0.1, 0.15) is 13.8 Å². The molecule has 0 bridgehead atoms. The number of carbonyl (C=O) groups excluding carboxylic acids is 1. The molecule has 0 aliphatic heterocycles. The Kier molecular flexibility index (Phi) is 4.02. The smallest absolute Gasteiger partial charge is 0.250 e. The van der Waals surface area contributed by atoms with Crippen LogP contribution in [0.2, 0.25) is 0 Å². The molecule has 0 spiro atoms. The molecule has 4 heteroatoms. The van der Waals surface area contributed by atoms with Crippen molar-refractivity contribution in [3.05, 3.63) is 59.5 Å². The third-order valence-corrected chi connectivity index (χ3v) is 3.98. The van der Waals surface area contributed by atoms with Gasteiger partial charge in [-0.25, -0.2) is 4.98 Å². The molecule has 0 atom stereocenters. The van der Waals surface area contributed by atoms with Crippen molar-refractivity contribution in [3.8, 4) is 11.3 Å². The summed E-state index contributed by atoms with van der Waals surface area (Å²) in [6.45, 7) is 3.78. The van der Waals surface area contributed by atoms with Gasteiger partial charge in [0.1, 0.15) is 0 Å². The Morgan fingerprint density at radius 1 is 1.14 bits per heavy atom. The number of aromatic nitrogens is 1. The molecule has 1 aromatic heterocycles. The lowest BCUT2D eigenvalue weighted by Crippen LogP contribution is -2.07. The van der Waals surface area contributed by atoms with E-state index >= 15 is 0 Å². The largest absolute Gasteiger partial charge is 0.298 e. The second-order valence-electron chi connectivity index (χ2n) is 5.28. The molecule has 3 aromatic rings. The fourth-order valence-corrected chi connectivity index (χ4v) is 3.02. The number of thiazole rings is 1. The van der Waals surface area contributed by atoms with E-state index in [0.717, 1.165) is 22.2 Å². The topological polar surface area (TPSA) is 42.0 Å². The van der Waals surface area contributed by atoms with Crippen molar-refractivity contribution < 1.29 is 4.79 Å². The van der Waals surface area contributed by atoms with E-state index in [1.165, 1.54) is 16.7 Å². The highest BCUT2D eigenvalue weighted by Gasteiger charge is 2.09. The molecule has 0 aliphatic carbocycles. The Bertz CT molecular complexity index is 855. The number of benzene rings is 2. The Morgan fingerprint density at radius 2 is 1.91 bits per heavy atom. The fraction of sp³-hybridized carbons (Fsp3) is 0.111. The van der Waals surface area contributed by atoms with Crippen LogP contribution in [0.25, 0.3) is 22.0 Å². The molecule has 1 N–H and O–H groups in total. The van der Waals surface area contributed by atoms with E-state index in [1.54, 1.807) is 6.08 Å². The van der Waals surface area contributed by atoms with Gasteiger partial charge in [-0.05, 0) is 24.6 Å². The summed E-state index contributed by atoms with van der Waals surface area (Å²) in [7, 11) is 0. The number of hydrogen-bond donors (Lipinski definition) is 1. The molecule has 0 unspecified atom stereocenters. The lowest BCUT2D eigenvalue weighted by atomic mass is 10.0. The van der Waals surface area contributed by atoms with E-state index in [-0.39, 0.29) is 5.91 Å². The quantitative estimate of drug-likeness (QED) is 0.701. The van der Waals surface area contributed by atoms with Gasteiger partial charge in [-0.2, -0.15) is 0 Å². The monoisotopic (exact) mass is 308 g/mol. The molecular weight excluding hydrogens is 292 g/mol. The molecule has 0 saturated carbocycles. The predicted molar refractivity (Wildman–Crippen MR) is 93.1 cm³/mol. The first-order valence-electron chi connectivity index (χ1n) is 7.03. The summed E-state index contributed by atoms with van der Waals surface area (Å²) in [6, 6.07) is 14.4. The number of allylic oxidation sites excluding steroid dienone is 1.